The fraction of sp³-hybridized carbons (Fsp3) is 0.150. The van der Waals surface area contributed by atoms with Gasteiger partial charge in [0.2, 0.25) is 0 Å². The van der Waals surface area contributed by atoms with Crippen molar-refractivity contribution in [1.29, 1.82) is 0 Å². The Morgan fingerprint density at radius 1 is 1.18 bits per heavy atom. The number of nitrogens with one attached hydrogen (secondary N) is 1. The highest BCUT2D eigenvalue weighted by atomic mass is 79.9. The van der Waals surface area contributed by atoms with E-state index in [0.717, 1.165) is 5.56 Å². The summed E-state index contributed by atoms with van der Waals surface area (Å²) in [6.45, 7) is 3.61. The Morgan fingerprint density at radius 2 is 1.93 bits per heavy atom. The van der Waals surface area contributed by atoms with Gasteiger partial charge in [-0.1, -0.05) is 35.5 Å². The van der Waals surface area contributed by atoms with E-state index in [4.69, 9.17) is 9.26 Å². The van der Waals surface area contributed by atoms with Crippen molar-refractivity contribution in [2.45, 2.75) is 19.9 Å². The number of aromatic amines is 1. The van der Waals surface area contributed by atoms with Gasteiger partial charge in [0.15, 0.2) is 11.8 Å². The molecule has 28 heavy (non-hydrogen) atoms. The molecule has 1 unspecified atom stereocenters. The number of ether oxygens (including phenoxy) is 1. The van der Waals surface area contributed by atoms with Crippen molar-refractivity contribution in [1.82, 2.24) is 14.7 Å². The molecule has 7 nitrogen and oxygen atoms in total. The minimum atomic E-state index is -0.859. The van der Waals surface area contributed by atoms with Crippen LogP contribution < -0.4 is 10.4 Å². The number of nitrogens with zero attached hydrogens (tertiary/aromatic N) is 2. The van der Waals surface area contributed by atoms with E-state index in [0.29, 0.717) is 43.8 Å². The molecule has 1 N–H and O–H groups in total. The topological polar surface area (TPSA) is 90.1 Å². The van der Waals surface area contributed by atoms with Gasteiger partial charge in [-0.05, 0) is 41.4 Å². The number of imidazole rings is 1. The van der Waals surface area contributed by atoms with E-state index in [1.807, 2.05) is 25.1 Å². The Morgan fingerprint density at radius 3 is 2.61 bits per heavy atom. The molecule has 0 saturated heterocycles. The Hall–Kier alpha value is -3.13. The first-order chi connectivity index (χ1) is 13.5. The summed E-state index contributed by atoms with van der Waals surface area (Å²) in [6, 6.07) is 10.0. The number of rotatable bonds is 2. The van der Waals surface area contributed by atoms with Crippen LogP contribution >= 0.6 is 15.9 Å². The molecule has 5 rings (SSSR count). The Labute approximate surface area is 167 Å². The zero-order valence-corrected chi connectivity index (χ0v) is 16.5. The maximum Gasteiger partial charge on any atom is 0.339 e. The molecule has 140 valence electrons. The third-order valence-corrected chi connectivity index (χ3v) is 5.63. The molecular formula is C20H14BrN3O4. The molecule has 0 radical (unpaired) electrons. The summed E-state index contributed by atoms with van der Waals surface area (Å²) in [5.74, 6) is 0.408. The normalized spacial score (nSPS) is 15.8. The van der Waals surface area contributed by atoms with E-state index in [1.54, 1.807) is 25.1 Å². The summed E-state index contributed by atoms with van der Waals surface area (Å²) in [6.07, 6.45) is 0. The van der Waals surface area contributed by atoms with Gasteiger partial charge in [0.25, 0.3) is 0 Å². The van der Waals surface area contributed by atoms with Crippen molar-refractivity contribution in [2.75, 3.05) is 0 Å². The first kappa shape index (κ1) is 17.0. The van der Waals surface area contributed by atoms with E-state index >= 15 is 0 Å². The van der Waals surface area contributed by atoms with Gasteiger partial charge in [-0.2, -0.15) is 0 Å². The highest BCUT2D eigenvalue weighted by Crippen LogP contribution is 2.45. The number of hydrogen-bond acceptors (Lipinski definition) is 5. The smallest absolute Gasteiger partial charge is 0.339 e. The SMILES string of the molecule is Cc1noc(C)c1-c1cc(Br)c2[nH]c(=O)n3c2c1OC(=O)C3c1ccccc1. The van der Waals surface area contributed by atoms with Crippen LogP contribution in [0.15, 0.2) is 50.2 Å². The van der Waals surface area contributed by atoms with Crippen LogP contribution in [-0.2, 0) is 4.79 Å². The summed E-state index contributed by atoms with van der Waals surface area (Å²) in [5, 5.41) is 4.00. The lowest BCUT2D eigenvalue weighted by atomic mass is 10.00. The monoisotopic (exact) mass is 439 g/mol. The van der Waals surface area contributed by atoms with Crippen molar-refractivity contribution < 1.29 is 14.1 Å². The van der Waals surface area contributed by atoms with Crippen LogP contribution in [0.25, 0.3) is 22.2 Å². The van der Waals surface area contributed by atoms with Crippen LogP contribution in [0.4, 0.5) is 0 Å². The first-order valence-corrected chi connectivity index (χ1v) is 9.43. The lowest BCUT2D eigenvalue weighted by Gasteiger charge is -2.25. The number of benzene rings is 2. The van der Waals surface area contributed by atoms with E-state index in [-0.39, 0.29) is 5.69 Å². The second-order valence-corrected chi connectivity index (χ2v) is 7.55. The number of H-pyrrole nitrogens is 1. The Bertz CT molecular complexity index is 1300. The summed E-state index contributed by atoms with van der Waals surface area (Å²) in [7, 11) is 0. The van der Waals surface area contributed by atoms with Crippen LogP contribution in [0.1, 0.15) is 23.1 Å². The van der Waals surface area contributed by atoms with Crippen molar-refractivity contribution in [3.63, 3.8) is 0 Å². The quantitative estimate of drug-likeness (QED) is 0.378. The summed E-state index contributed by atoms with van der Waals surface area (Å²) in [4.78, 5) is 28.6. The zero-order valence-electron chi connectivity index (χ0n) is 14.9. The van der Waals surface area contributed by atoms with E-state index in [2.05, 4.69) is 26.1 Å². The second-order valence-electron chi connectivity index (χ2n) is 6.69. The molecular weight excluding hydrogens is 426 g/mol. The second kappa shape index (κ2) is 5.93. The fourth-order valence-electron chi connectivity index (χ4n) is 3.82. The first-order valence-electron chi connectivity index (χ1n) is 8.64. The van der Waals surface area contributed by atoms with E-state index < -0.39 is 12.0 Å². The minimum absolute atomic E-state index is 0.322. The molecule has 0 amide bonds. The molecule has 0 bridgehead atoms. The molecule has 4 aromatic rings. The van der Waals surface area contributed by atoms with Gasteiger partial charge < -0.3 is 14.2 Å². The third-order valence-electron chi connectivity index (χ3n) is 5.00. The fourth-order valence-corrected chi connectivity index (χ4v) is 4.34. The van der Waals surface area contributed by atoms with Crippen molar-refractivity contribution in [2.24, 2.45) is 0 Å². The van der Waals surface area contributed by atoms with Gasteiger partial charge >= 0.3 is 11.7 Å². The largest absolute Gasteiger partial charge is 0.422 e. The van der Waals surface area contributed by atoms with Crippen LogP contribution in [0.2, 0.25) is 0 Å². The van der Waals surface area contributed by atoms with Crippen LogP contribution in [0, 0.1) is 13.8 Å². The summed E-state index contributed by atoms with van der Waals surface area (Å²) >= 11 is 3.53. The van der Waals surface area contributed by atoms with E-state index in [1.165, 1.54) is 4.57 Å². The lowest BCUT2D eigenvalue weighted by Crippen LogP contribution is -2.35. The predicted octanol–water partition coefficient (Wildman–Crippen LogP) is 3.87. The molecule has 0 fully saturated rings. The number of carbonyl (C=O) groups is 1. The maximum atomic E-state index is 13.0. The van der Waals surface area contributed by atoms with Crippen LogP contribution in [0.5, 0.6) is 5.75 Å². The number of halogens is 1. The molecule has 0 saturated carbocycles. The number of esters is 1. The summed E-state index contributed by atoms with van der Waals surface area (Å²) in [5.41, 5.74) is 3.46. The maximum absolute atomic E-state index is 13.0. The van der Waals surface area contributed by atoms with Crippen molar-refractivity contribution >= 4 is 32.9 Å². The number of aryl methyl sites for hydroxylation is 2. The standard InChI is InChI=1S/C20H14BrN3O4/c1-9-14(10(2)28-23-9)12-8-13(21)15-17-18(12)27-19(25)16(24(17)20(26)22-15)11-6-4-3-5-7-11/h3-8,16H,1-2H3,(H,22,26). The van der Waals surface area contributed by atoms with Crippen LogP contribution in [-0.4, -0.2) is 20.7 Å². The number of hydrogen-bond donors (Lipinski definition) is 1. The van der Waals surface area contributed by atoms with Crippen molar-refractivity contribution in [3.05, 3.63) is 68.4 Å². The molecule has 8 heteroatoms. The van der Waals surface area contributed by atoms with Crippen molar-refractivity contribution in [3.8, 4) is 16.9 Å². The average Bonchev–Trinajstić information content (AvgIpc) is 3.19. The molecule has 3 heterocycles. The molecule has 1 atom stereocenters. The third kappa shape index (κ3) is 2.24. The number of aromatic nitrogens is 3. The highest BCUT2D eigenvalue weighted by molar-refractivity contribution is 9.10. The van der Waals surface area contributed by atoms with E-state index in [9.17, 15) is 9.59 Å². The molecule has 0 spiro atoms. The molecule has 1 aliphatic rings. The lowest BCUT2D eigenvalue weighted by molar-refractivity contribution is -0.137. The summed E-state index contributed by atoms with van der Waals surface area (Å²) < 4.78 is 13.2. The van der Waals surface area contributed by atoms with Gasteiger partial charge in [-0.3, -0.25) is 4.57 Å². The molecule has 0 aliphatic carbocycles. The minimum Gasteiger partial charge on any atom is -0.422 e. The molecule has 2 aromatic heterocycles. The highest BCUT2D eigenvalue weighted by Gasteiger charge is 2.37. The van der Waals surface area contributed by atoms with Gasteiger partial charge in [0.05, 0.1) is 16.8 Å². The van der Waals surface area contributed by atoms with Gasteiger partial charge in [-0.25, -0.2) is 9.59 Å². The molecule has 2 aromatic carbocycles. The Balaban J connectivity index is 1.89. The van der Waals surface area contributed by atoms with Gasteiger partial charge in [-0.15, -0.1) is 0 Å². The number of carbonyl (C=O) groups excluding carboxylic acids is 1. The van der Waals surface area contributed by atoms with Crippen LogP contribution in [0.3, 0.4) is 0 Å². The predicted molar refractivity (Wildman–Crippen MR) is 105 cm³/mol. The zero-order chi connectivity index (χ0) is 19.6. The average molecular weight is 440 g/mol. The van der Waals surface area contributed by atoms with Gasteiger partial charge in [0.1, 0.15) is 11.3 Å². The molecule has 1 aliphatic heterocycles. The van der Waals surface area contributed by atoms with Gasteiger partial charge in [0, 0.05) is 10.0 Å². The Kier molecular flexibility index (Phi) is 3.60.